The Morgan fingerprint density at radius 3 is 2.54 bits per heavy atom. The van der Waals surface area contributed by atoms with Gasteiger partial charge in [0.05, 0.1) is 0 Å². The highest BCUT2D eigenvalue weighted by Gasteiger charge is 2.17. The summed E-state index contributed by atoms with van der Waals surface area (Å²) < 4.78 is 0. The van der Waals surface area contributed by atoms with E-state index in [1.165, 1.54) is 6.92 Å². The monoisotopic (exact) mass is 202 g/mol. The van der Waals surface area contributed by atoms with Gasteiger partial charge in [0.1, 0.15) is 0 Å². The maximum atomic E-state index is 10.9. The van der Waals surface area contributed by atoms with Crippen LogP contribution in [0.5, 0.6) is 0 Å². The molecule has 0 fully saturated rings. The van der Waals surface area contributed by atoms with E-state index in [1.807, 2.05) is 0 Å². The number of nitriles is 1. The minimum Gasteiger partial charge on any atom is -0.462 e. The fourth-order valence-corrected chi connectivity index (χ4v) is 0.415. The van der Waals surface area contributed by atoms with Gasteiger partial charge < -0.3 is 9.94 Å². The average Bonchev–Trinajstić information content (AvgIpc) is 2.11. The first-order chi connectivity index (χ1) is 6.02. The second-order valence-electron chi connectivity index (χ2n) is 1.87. The summed E-state index contributed by atoms with van der Waals surface area (Å²) in [7, 11) is 0. The Bertz CT molecular complexity index is 293. The molecule has 0 aliphatic rings. The van der Waals surface area contributed by atoms with Crippen LogP contribution in [0.15, 0.2) is 11.0 Å². The van der Waals surface area contributed by atoms with Gasteiger partial charge in [0.15, 0.2) is 0 Å². The number of thiol groups is 1. The van der Waals surface area contributed by atoms with Crippen LogP contribution in [0.1, 0.15) is 6.92 Å². The van der Waals surface area contributed by atoms with E-state index >= 15 is 0 Å². The molecule has 70 valence electrons. The van der Waals surface area contributed by atoms with Crippen LogP contribution in [0, 0.1) is 11.5 Å². The van der Waals surface area contributed by atoms with Crippen molar-refractivity contribution >= 4 is 24.7 Å². The van der Waals surface area contributed by atoms with Gasteiger partial charge in [-0.15, -0.1) is 0 Å². The molecule has 0 rings (SSSR count). The third-order valence-electron chi connectivity index (χ3n) is 0.954. The van der Waals surface area contributed by atoms with Crippen molar-refractivity contribution < 1.29 is 19.5 Å². The lowest BCUT2D eigenvalue weighted by molar-refractivity contribution is -0.164. The summed E-state index contributed by atoms with van der Waals surface area (Å²) in [6.07, 6.45) is -0.514. The summed E-state index contributed by atoms with van der Waals surface area (Å²) in [6.45, 7) is 1.37. The summed E-state index contributed by atoms with van der Waals surface area (Å²) in [5.41, 5.74) is 0.0878. The standard InChI is InChI=1S/C6H6N2O4S/c1-4(2-13)5(9)12-8(3-7)6(10)11/h2,13H,1H3,(H,10,11). The Morgan fingerprint density at radius 1 is 1.69 bits per heavy atom. The Labute approximate surface area is 79.4 Å². The Hall–Kier alpha value is -1.68. The first-order valence-electron chi connectivity index (χ1n) is 2.99. The SMILES string of the molecule is CC(=CS)C(=O)ON(C#N)C(=O)O. The van der Waals surface area contributed by atoms with Crippen molar-refractivity contribution in [3.8, 4) is 6.19 Å². The van der Waals surface area contributed by atoms with Gasteiger partial charge in [-0.1, -0.05) is 0 Å². The largest absolute Gasteiger partial charge is 0.462 e. The first-order valence-corrected chi connectivity index (χ1v) is 3.50. The van der Waals surface area contributed by atoms with Gasteiger partial charge in [-0.25, -0.2) is 9.59 Å². The molecular weight excluding hydrogens is 196 g/mol. The third kappa shape index (κ3) is 3.48. The van der Waals surface area contributed by atoms with Gasteiger partial charge in [-0.05, 0) is 17.4 Å². The van der Waals surface area contributed by atoms with E-state index < -0.39 is 12.1 Å². The van der Waals surface area contributed by atoms with Gasteiger partial charge in [0.2, 0.25) is 6.19 Å². The number of hydrogen-bond acceptors (Lipinski definition) is 5. The highest BCUT2D eigenvalue weighted by Crippen LogP contribution is 2.00. The van der Waals surface area contributed by atoms with Gasteiger partial charge in [0.25, 0.3) is 0 Å². The van der Waals surface area contributed by atoms with Crippen LogP contribution in [0.4, 0.5) is 4.79 Å². The van der Waals surface area contributed by atoms with Gasteiger partial charge in [-0.3, -0.25) is 0 Å². The van der Waals surface area contributed by atoms with Gasteiger partial charge in [0, 0.05) is 5.57 Å². The molecule has 0 heterocycles. The summed E-state index contributed by atoms with van der Waals surface area (Å²) >= 11 is 3.65. The van der Waals surface area contributed by atoms with Crippen molar-refractivity contribution in [2.45, 2.75) is 6.92 Å². The number of carbonyl (C=O) groups excluding carboxylic acids is 1. The maximum Gasteiger partial charge on any atom is 0.455 e. The molecule has 1 N–H and O–H groups in total. The fourth-order valence-electron chi connectivity index (χ4n) is 0.310. The molecule has 0 aromatic rings. The Balaban J connectivity index is 4.37. The summed E-state index contributed by atoms with van der Waals surface area (Å²) in [5.74, 6) is -0.945. The van der Waals surface area contributed by atoms with Gasteiger partial charge >= 0.3 is 12.1 Å². The van der Waals surface area contributed by atoms with Crippen molar-refractivity contribution in [3.05, 3.63) is 11.0 Å². The molecule has 7 heteroatoms. The minimum absolute atomic E-state index is 0.0878. The van der Waals surface area contributed by atoms with Crippen LogP contribution in [0.3, 0.4) is 0 Å². The molecule has 0 aliphatic heterocycles. The number of hydrogen-bond donors (Lipinski definition) is 2. The van der Waals surface area contributed by atoms with Gasteiger partial charge in [-0.2, -0.15) is 17.9 Å². The van der Waals surface area contributed by atoms with E-state index in [9.17, 15) is 9.59 Å². The molecule has 0 aromatic heterocycles. The van der Waals surface area contributed by atoms with Crippen molar-refractivity contribution in [1.29, 1.82) is 5.26 Å². The van der Waals surface area contributed by atoms with Crippen LogP contribution in [-0.4, -0.2) is 22.2 Å². The van der Waals surface area contributed by atoms with E-state index in [4.69, 9.17) is 10.4 Å². The average molecular weight is 202 g/mol. The van der Waals surface area contributed by atoms with E-state index in [2.05, 4.69) is 17.5 Å². The second kappa shape index (κ2) is 5.05. The molecule has 0 spiro atoms. The van der Waals surface area contributed by atoms with Crippen molar-refractivity contribution in [3.63, 3.8) is 0 Å². The molecule has 0 saturated heterocycles. The second-order valence-corrected chi connectivity index (χ2v) is 2.13. The predicted octanol–water partition coefficient (Wildman–Crippen LogP) is 0.739. The normalized spacial score (nSPS) is 10.1. The lowest BCUT2D eigenvalue weighted by Gasteiger charge is -2.07. The van der Waals surface area contributed by atoms with E-state index in [-0.39, 0.29) is 10.6 Å². The van der Waals surface area contributed by atoms with Crippen LogP contribution < -0.4 is 0 Å². The molecule has 0 saturated carbocycles. The van der Waals surface area contributed by atoms with Crippen molar-refractivity contribution in [2.75, 3.05) is 0 Å². The lowest BCUT2D eigenvalue weighted by atomic mass is 10.4. The maximum absolute atomic E-state index is 10.9. The molecule has 0 atom stereocenters. The zero-order valence-corrected chi connectivity index (χ0v) is 7.49. The molecule has 13 heavy (non-hydrogen) atoms. The van der Waals surface area contributed by atoms with Crippen LogP contribution >= 0.6 is 12.6 Å². The number of amides is 1. The highest BCUT2D eigenvalue weighted by atomic mass is 32.1. The molecule has 6 nitrogen and oxygen atoms in total. The van der Waals surface area contributed by atoms with Crippen molar-refractivity contribution in [2.24, 2.45) is 0 Å². The topological polar surface area (TPSA) is 90.6 Å². The smallest absolute Gasteiger partial charge is 0.455 e. The number of carboxylic acid groups (broad SMARTS) is 1. The number of carbonyl (C=O) groups is 2. The number of rotatable bonds is 1. The highest BCUT2D eigenvalue weighted by molar-refractivity contribution is 7.83. The number of nitrogens with zero attached hydrogens (tertiary/aromatic N) is 2. The van der Waals surface area contributed by atoms with Crippen molar-refractivity contribution in [1.82, 2.24) is 5.06 Å². The molecule has 0 unspecified atom stereocenters. The predicted molar refractivity (Wildman–Crippen MR) is 44.3 cm³/mol. The zero-order valence-electron chi connectivity index (χ0n) is 6.59. The van der Waals surface area contributed by atoms with Crippen LogP contribution in [0.25, 0.3) is 0 Å². The molecule has 1 amide bonds. The Morgan fingerprint density at radius 2 is 2.23 bits per heavy atom. The Kier molecular flexibility index (Phi) is 4.40. The summed E-state index contributed by atoms with van der Waals surface area (Å²) in [5, 5.41) is 17.4. The number of hydroxylamine groups is 2. The van der Waals surface area contributed by atoms with E-state index in [0.29, 0.717) is 0 Å². The first kappa shape index (κ1) is 11.3. The van der Waals surface area contributed by atoms with Crippen LogP contribution in [0.2, 0.25) is 0 Å². The summed E-state index contributed by atoms with van der Waals surface area (Å²) in [6, 6.07) is 0. The minimum atomic E-state index is -1.66. The van der Waals surface area contributed by atoms with Crippen LogP contribution in [-0.2, 0) is 9.63 Å². The molecule has 0 aliphatic carbocycles. The molecular formula is C6H6N2O4S. The third-order valence-corrected chi connectivity index (χ3v) is 1.34. The molecule has 0 bridgehead atoms. The molecule has 0 radical (unpaired) electrons. The quantitative estimate of drug-likeness (QED) is 0.215. The fraction of sp³-hybridized carbons (Fsp3) is 0.167. The molecule has 0 aromatic carbocycles. The summed E-state index contributed by atoms with van der Waals surface area (Å²) in [4.78, 5) is 25.1. The lowest BCUT2D eigenvalue weighted by Crippen LogP contribution is -2.28. The van der Waals surface area contributed by atoms with E-state index in [0.717, 1.165) is 11.6 Å². The van der Waals surface area contributed by atoms with E-state index in [1.54, 1.807) is 0 Å². The zero-order chi connectivity index (χ0) is 10.4.